The van der Waals surface area contributed by atoms with Gasteiger partial charge in [-0.15, -0.1) is 0 Å². The third-order valence-corrected chi connectivity index (χ3v) is 6.38. The van der Waals surface area contributed by atoms with Gasteiger partial charge < -0.3 is 4.90 Å². The van der Waals surface area contributed by atoms with E-state index in [1.54, 1.807) is 0 Å². The SMILES string of the molecule is CC[C@@H]1CCC[C@H](CN(C)C2CCS(=O)CC2)C1. The Bertz CT molecular complexity index is 272. The van der Waals surface area contributed by atoms with Crippen molar-refractivity contribution >= 4 is 10.8 Å². The van der Waals surface area contributed by atoms with Gasteiger partial charge in [-0.25, -0.2) is 0 Å². The van der Waals surface area contributed by atoms with Crippen LogP contribution in [-0.2, 0) is 10.8 Å². The molecule has 0 aromatic carbocycles. The van der Waals surface area contributed by atoms with E-state index in [0.717, 1.165) is 36.2 Å². The summed E-state index contributed by atoms with van der Waals surface area (Å²) in [6.45, 7) is 3.61. The zero-order valence-corrected chi connectivity index (χ0v) is 12.9. The zero-order chi connectivity index (χ0) is 13.0. The van der Waals surface area contributed by atoms with E-state index in [2.05, 4.69) is 18.9 Å². The highest BCUT2D eigenvalue weighted by atomic mass is 32.2. The minimum atomic E-state index is -0.518. The molecule has 1 heterocycles. The molecule has 3 heteroatoms. The number of nitrogens with zero attached hydrogens (tertiary/aromatic N) is 1. The predicted molar refractivity (Wildman–Crippen MR) is 79.3 cm³/mol. The van der Waals surface area contributed by atoms with Crippen LogP contribution in [-0.4, -0.2) is 40.2 Å². The molecule has 0 spiro atoms. The van der Waals surface area contributed by atoms with Gasteiger partial charge in [0.25, 0.3) is 0 Å². The van der Waals surface area contributed by atoms with Gasteiger partial charge in [-0.3, -0.25) is 4.21 Å². The van der Waals surface area contributed by atoms with Gasteiger partial charge in [-0.2, -0.15) is 0 Å². The van der Waals surface area contributed by atoms with Crippen molar-refractivity contribution in [3.05, 3.63) is 0 Å². The lowest BCUT2D eigenvalue weighted by molar-refractivity contribution is 0.152. The van der Waals surface area contributed by atoms with Crippen molar-refractivity contribution in [2.24, 2.45) is 11.8 Å². The summed E-state index contributed by atoms with van der Waals surface area (Å²) in [5, 5.41) is 0. The minimum absolute atomic E-state index is 0.518. The highest BCUT2D eigenvalue weighted by Gasteiger charge is 2.26. The molecular formula is C15H29NOS. The smallest absolute Gasteiger partial charge is 0.0249 e. The van der Waals surface area contributed by atoms with Gasteiger partial charge in [-0.1, -0.05) is 26.2 Å². The van der Waals surface area contributed by atoms with E-state index in [4.69, 9.17) is 0 Å². The first kappa shape index (κ1) is 14.5. The molecule has 0 aromatic heterocycles. The van der Waals surface area contributed by atoms with Gasteiger partial charge >= 0.3 is 0 Å². The average Bonchev–Trinajstić information content (AvgIpc) is 2.39. The van der Waals surface area contributed by atoms with Gasteiger partial charge in [0.1, 0.15) is 0 Å². The minimum Gasteiger partial charge on any atom is -0.303 e. The lowest BCUT2D eigenvalue weighted by Gasteiger charge is -2.36. The van der Waals surface area contributed by atoms with Gasteiger partial charge in [0.15, 0.2) is 0 Å². The molecule has 2 aliphatic rings. The standard InChI is InChI=1S/C15H29NOS/c1-3-13-5-4-6-14(11-13)12-16(2)15-7-9-18(17)10-8-15/h13-15H,3-12H2,1-2H3/t13-,14+,15?,18?/m1/s1. The maximum absolute atomic E-state index is 11.4. The number of rotatable bonds is 4. The van der Waals surface area contributed by atoms with Gasteiger partial charge in [-0.05, 0) is 44.6 Å². The summed E-state index contributed by atoms with van der Waals surface area (Å²) in [4.78, 5) is 2.57. The fraction of sp³-hybridized carbons (Fsp3) is 1.00. The van der Waals surface area contributed by atoms with Crippen LogP contribution in [0.4, 0.5) is 0 Å². The maximum atomic E-state index is 11.4. The number of hydrogen-bond donors (Lipinski definition) is 0. The Labute approximate surface area is 115 Å². The van der Waals surface area contributed by atoms with Crippen molar-refractivity contribution in [1.29, 1.82) is 0 Å². The van der Waals surface area contributed by atoms with Crippen LogP contribution in [0.5, 0.6) is 0 Å². The van der Waals surface area contributed by atoms with Crippen LogP contribution < -0.4 is 0 Å². The Morgan fingerprint density at radius 3 is 2.44 bits per heavy atom. The summed E-state index contributed by atoms with van der Waals surface area (Å²) < 4.78 is 11.4. The topological polar surface area (TPSA) is 20.3 Å². The van der Waals surface area contributed by atoms with E-state index in [1.807, 2.05) is 0 Å². The van der Waals surface area contributed by atoms with Crippen LogP contribution in [0.1, 0.15) is 51.9 Å². The Morgan fingerprint density at radius 1 is 1.11 bits per heavy atom. The molecule has 2 fully saturated rings. The molecule has 0 amide bonds. The van der Waals surface area contributed by atoms with E-state index < -0.39 is 10.8 Å². The third-order valence-electron chi connectivity index (χ3n) is 5.00. The first-order valence-electron chi connectivity index (χ1n) is 7.74. The van der Waals surface area contributed by atoms with Gasteiger partial charge in [0, 0.05) is 34.9 Å². The Morgan fingerprint density at radius 2 is 1.78 bits per heavy atom. The molecule has 2 nitrogen and oxygen atoms in total. The zero-order valence-electron chi connectivity index (χ0n) is 12.1. The molecule has 1 saturated carbocycles. The highest BCUT2D eigenvalue weighted by Crippen LogP contribution is 2.32. The lowest BCUT2D eigenvalue weighted by atomic mass is 9.80. The Balaban J connectivity index is 1.76. The molecule has 2 rings (SSSR count). The Kier molecular flexibility index (Phi) is 5.68. The van der Waals surface area contributed by atoms with Crippen molar-refractivity contribution in [2.45, 2.75) is 57.9 Å². The van der Waals surface area contributed by atoms with Crippen molar-refractivity contribution in [2.75, 3.05) is 25.1 Å². The van der Waals surface area contributed by atoms with Crippen LogP contribution in [0.2, 0.25) is 0 Å². The fourth-order valence-corrected chi connectivity index (χ4v) is 4.99. The Hall–Kier alpha value is 0.110. The molecule has 0 aromatic rings. The molecule has 0 radical (unpaired) electrons. The maximum Gasteiger partial charge on any atom is 0.0249 e. The molecule has 1 aliphatic heterocycles. The van der Waals surface area contributed by atoms with E-state index in [0.29, 0.717) is 6.04 Å². The first-order chi connectivity index (χ1) is 8.69. The molecule has 18 heavy (non-hydrogen) atoms. The summed E-state index contributed by atoms with van der Waals surface area (Å²) in [6.07, 6.45) is 9.42. The van der Waals surface area contributed by atoms with E-state index in [1.165, 1.54) is 38.6 Å². The van der Waals surface area contributed by atoms with Crippen LogP contribution in [0, 0.1) is 11.8 Å². The molecule has 106 valence electrons. The second-order valence-corrected chi connectivity index (χ2v) is 8.02. The molecular weight excluding hydrogens is 242 g/mol. The lowest BCUT2D eigenvalue weighted by Crippen LogP contribution is -2.40. The van der Waals surface area contributed by atoms with E-state index in [9.17, 15) is 4.21 Å². The van der Waals surface area contributed by atoms with E-state index in [-0.39, 0.29) is 0 Å². The van der Waals surface area contributed by atoms with E-state index >= 15 is 0 Å². The summed E-state index contributed by atoms with van der Waals surface area (Å²) >= 11 is 0. The molecule has 0 N–H and O–H groups in total. The van der Waals surface area contributed by atoms with Gasteiger partial charge in [0.2, 0.25) is 0 Å². The second kappa shape index (κ2) is 7.04. The average molecular weight is 271 g/mol. The molecule has 0 unspecified atom stereocenters. The number of hydrogen-bond acceptors (Lipinski definition) is 2. The van der Waals surface area contributed by atoms with Crippen molar-refractivity contribution in [3.63, 3.8) is 0 Å². The monoisotopic (exact) mass is 271 g/mol. The molecule has 0 bridgehead atoms. The molecule has 2 atom stereocenters. The molecule has 1 saturated heterocycles. The van der Waals surface area contributed by atoms with Crippen molar-refractivity contribution in [1.82, 2.24) is 4.90 Å². The first-order valence-corrected chi connectivity index (χ1v) is 9.23. The molecule has 1 aliphatic carbocycles. The summed E-state index contributed by atoms with van der Waals surface area (Å²) in [5.74, 6) is 3.76. The summed E-state index contributed by atoms with van der Waals surface area (Å²) in [6, 6.07) is 0.699. The largest absolute Gasteiger partial charge is 0.303 e. The van der Waals surface area contributed by atoms with Crippen molar-refractivity contribution in [3.8, 4) is 0 Å². The fourth-order valence-electron chi connectivity index (χ4n) is 3.72. The van der Waals surface area contributed by atoms with Crippen molar-refractivity contribution < 1.29 is 4.21 Å². The third kappa shape index (κ3) is 4.06. The quantitative estimate of drug-likeness (QED) is 0.783. The van der Waals surface area contributed by atoms with Crippen LogP contribution in [0.15, 0.2) is 0 Å². The predicted octanol–water partition coefficient (Wildman–Crippen LogP) is 3.05. The normalized spacial score (nSPS) is 37.9. The summed E-state index contributed by atoms with van der Waals surface area (Å²) in [7, 11) is 1.77. The van der Waals surface area contributed by atoms with Crippen LogP contribution >= 0.6 is 0 Å². The van der Waals surface area contributed by atoms with Crippen LogP contribution in [0.3, 0.4) is 0 Å². The highest BCUT2D eigenvalue weighted by molar-refractivity contribution is 7.85. The summed E-state index contributed by atoms with van der Waals surface area (Å²) in [5.41, 5.74) is 0. The van der Waals surface area contributed by atoms with Crippen LogP contribution in [0.25, 0.3) is 0 Å². The van der Waals surface area contributed by atoms with Gasteiger partial charge in [0.05, 0.1) is 0 Å². The second-order valence-electron chi connectivity index (χ2n) is 6.33.